The van der Waals surface area contributed by atoms with Gasteiger partial charge in [-0.05, 0) is 46.3 Å². The first kappa shape index (κ1) is 12.1. The van der Waals surface area contributed by atoms with Gasteiger partial charge in [-0.3, -0.25) is 9.69 Å². The van der Waals surface area contributed by atoms with Gasteiger partial charge in [0.15, 0.2) is 0 Å². The fraction of sp³-hybridized carbons (Fsp3) is 0.545. The molecule has 0 bridgehead atoms. The van der Waals surface area contributed by atoms with E-state index in [1.807, 2.05) is 0 Å². The molecule has 0 aliphatic carbocycles. The van der Waals surface area contributed by atoms with E-state index in [1.165, 1.54) is 5.56 Å². The number of aliphatic carboxylic acids is 1. The second-order valence-electron chi connectivity index (χ2n) is 4.16. The largest absolute Gasteiger partial charge is 0.481 e. The number of carboxylic acids is 1. The summed E-state index contributed by atoms with van der Waals surface area (Å²) in [4.78, 5) is 13.2. The molecule has 2 heterocycles. The van der Waals surface area contributed by atoms with Crippen molar-refractivity contribution in [2.45, 2.75) is 19.4 Å². The normalized spacial score (nSPS) is 22.2. The van der Waals surface area contributed by atoms with Crippen LogP contribution in [0.5, 0.6) is 0 Å². The average molecular weight is 304 g/mol. The van der Waals surface area contributed by atoms with Gasteiger partial charge in [-0.25, -0.2) is 0 Å². The summed E-state index contributed by atoms with van der Waals surface area (Å²) in [5.41, 5.74) is 1.26. The Kier molecular flexibility index (Phi) is 4.00. The van der Waals surface area contributed by atoms with Crippen LogP contribution in [0.4, 0.5) is 0 Å². The molecule has 1 aromatic rings. The summed E-state index contributed by atoms with van der Waals surface area (Å²) < 4.78 is 1.13. The molecule has 1 N–H and O–H groups in total. The van der Waals surface area contributed by atoms with Crippen LogP contribution in [-0.2, 0) is 11.3 Å². The zero-order valence-electron chi connectivity index (χ0n) is 8.86. The minimum absolute atomic E-state index is 0.189. The van der Waals surface area contributed by atoms with Gasteiger partial charge in [-0.2, -0.15) is 11.3 Å². The molecule has 1 aliphatic heterocycles. The minimum Gasteiger partial charge on any atom is -0.481 e. The smallest absolute Gasteiger partial charge is 0.307 e. The lowest BCUT2D eigenvalue weighted by atomic mass is 9.98. The molecule has 0 spiro atoms. The van der Waals surface area contributed by atoms with Crippen molar-refractivity contribution in [3.05, 3.63) is 20.8 Å². The van der Waals surface area contributed by atoms with E-state index in [0.717, 1.165) is 30.4 Å². The van der Waals surface area contributed by atoms with Gasteiger partial charge in [0.2, 0.25) is 0 Å². The van der Waals surface area contributed by atoms with Gasteiger partial charge in [0, 0.05) is 22.9 Å². The molecule has 1 atom stereocenters. The van der Waals surface area contributed by atoms with Crippen molar-refractivity contribution in [2.24, 2.45) is 5.92 Å². The van der Waals surface area contributed by atoms with Crippen LogP contribution in [0.1, 0.15) is 18.4 Å². The Morgan fingerprint density at radius 3 is 3.06 bits per heavy atom. The number of rotatable bonds is 3. The number of thiophene rings is 1. The van der Waals surface area contributed by atoms with E-state index < -0.39 is 5.97 Å². The van der Waals surface area contributed by atoms with Crippen LogP contribution >= 0.6 is 27.3 Å². The lowest BCUT2D eigenvalue weighted by Gasteiger charge is -2.30. The molecule has 3 nitrogen and oxygen atoms in total. The summed E-state index contributed by atoms with van der Waals surface area (Å²) in [6.45, 7) is 2.54. The van der Waals surface area contributed by atoms with Crippen LogP contribution in [0.15, 0.2) is 15.2 Å². The molecule has 0 radical (unpaired) electrons. The molecule has 16 heavy (non-hydrogen) atoms. The van der Waals surface area contributed by atoms with Crippen molar-refractivity contribution in [3.8, 4) is 0 Å². The molecule has 1 aliphatic rings. The van der Waals surface area contributed by atoms with Crippen molar-refractivity contribution in [3.63, 3.8) is 0 Å². The van der Waals surface area contributed by atoms with Crippen LogP contribution in [-0.4, -0.2) is 29.1 Å². The third kappa shape index (κ3) is 2.84. The maximum atomic E-state index is 10.9. The summed E-state index contributed by atoms with van der Waals surface area (Å²) in [5.74, 6) is -0.847. The maximum absolute atomic E-state index is 10.9. The summed E-state index contributed by atoms with van der Waals surface area (Å²) in [5, 5.41) is 13.2. The zero-order chi connectivity index (χ0) is 11.5. The minimum atomic E-state index is -0.658. The van der Waals surface area contributed by atoms with Gasteiger partial charge in [0.1, 0.15) is 0 Å². The van der Waals surface area contributed by atoms with E-state index >= 15 is 0 Å². The third-order valence-electron chi connectivity index (χ3n) is 2.94. The molecule has 0 amide bonds. The molecule has 1 aromatic heterocycles. The monoisotopic (exact) mass is 303 g/mol. The van der Waals surface area contributed by atoms with Gasteiger partial charge in [0.05, 0.1) is 5.92 Å². The number of carboxylic acid groups (broad SMARTS) is 1. The predicted molar refractivity (Wildman–Crippen MR) is 67.7 cm³/mol. The van der Waals surface area contributed by atoms with Crippen molar-refractivity contribution in [1.29, 1.82) is 0 Å². The first-order chi connectivity index (χ1) is 7.66. The summed E-state index contributed by atoms with van der Waals surface area (Å²) in [6, 6.07) is 0. The van der Waals surface area contributed by atoms with Crippen molar-refractivity contribution in [2.75, 3.05) is 13.1 Å². The first-order valence-corrected chi connectivity index (χ1v) is 7.06. The summed E-state index contributed by atoms with van der Waals surface area (Å²) in [6.07, 6.45) is 1.80. The topological polar surface area (TPSA) is 40.5 Å². The maximum Gasteiger partial charge on any atom is 0.307 e. The molecule has 0 saturated carbocycles. The number of hydrogen-bond acceptors (Lipinski definition) is 3. The predicted octanol–water partition coefficient (Wildman–Crippen LogP) is 2.81. The molecule has 0 aromatic carbocycles. The Balaban J connectivity index is 1.95. The fourth-order valence-corrected chi connectivity index (χ4v) is 3.48. The Hall–Kier alpha value is -0.390. The van der Waals surface area contributed by atoms with Crippen LogP contribution in [0.2, 0.25) is 0 Å². The number of hydrogen-bond donors (Lipinski definition) is 1. The van der Waals surface area contributed by atoms with E-state index in [9.17, 15) is 4.79 Å². The Bertz CT molecular complexity index is 380. The summed E-state index contributed by atoms with van der Waals surface area (Å²) in [7, 11) is 0. The summed E-state index contributed by atoms with van der Waals surface area (Å²) >= 11 is 5.18. The lowest BCUT2D eigenvalue weighted by molar-refractivity contribution is -0.143. The molecule has 1 unspecified atom stereocenters. The van der Waals surface area contributed by atoms with Crippen LogP contribution in [0.25, 0.3) is 0 Å². The zero-order valence-corrected chi connectivity index (χ0v) is 11.3. The highest BCUT2D eigenvalue weighted by molar-refractivity contribution is 9.10. The number of piperidine rings is 1. The number of carbonyl (C=O) groups is 1. The Labute approximate surface area is 107 Å². The second kappa shape index (κ2) is 5.29. The van der Waals surface area contributed by atoms with E-state index in [1.54, 1.807) is 11.3 Å². The fourth-order valence-electron chi connectivity index (χ4n) is 2.06. The molecule has 1 saturated heterocycles. The second-order valence-corrected chi connectivity index (χ2v) is 5.76. The molecule has 2 rings (SSSR count). The van der Waals surface area contributed by atoms with Gasteiger partial charge in [0.25, 0.3) is 0 Å². The standard InChI is InChI=1S/C11H14BrNO2S/c12-10-7-16-6-9(10)5-13-3-1-2-8(4-13)11(14)15/h6-8H,1-5H2,(H,14,15). The van der Waals surface area contributed by atoms with Gasteiger partial charge < -0.3 is 5.11 Å². The molecular weight excluding hydrogens is 290 g/mol. The van der Waals surface area contributed by atoms with Gasteiger partial charge in [-0.1, -0.05) is 0 Å². The molecule has 1 fully saturated rings. The highest BCUT2D eigenvalue weighted by Gasteiger charge is 2.25. The van der Waals surface area contributed by atoms with Crippen LogP contribution < -0.4 is 0 Å². The van der Waals surface area contributed by atoms with E-state index in [4.69, 9.17) is 5.11 Å². The van der Waals surface area contributed by atoms with Gasteiger partial charge >= 0.3 is 5.97 Å². The van der Waals surface area contributed by atoms with E-state index in [-0.39, 0.29) is 5.92 Å². The third-order valence-corrected chi connectivity index (χ3v) is 4.77. The van der Waals surface area contributed by atoms with Crippen molar-refractivity contribution < 1.29 is 9.90 Å². The molecule has 88 valence electrons. The van der Waals surface area contributed by atoms with E-state index in [2.05, 4.69) is 31.6 Å². The van der Waals surface area contributed by atoms with Crippen molar-refractivity contribution >= 4 is 33.2 Å². The number of likely N-dealkylation sites (tertiary alicyclic amines) is 1. The average Bonchev–Trinajstić information content (AvgIpc) is 2.65. The first-order valence-electron chi connectivity index (χ1n) is 5.32. The Morgan fingerprint density at radius 1 is 1.62 bits per heavy atom. The van der Waals surface area contributed by atoms with Crippen LogP contribution in [0, 0.1) is 5.92 Å². The highest BCUT2D eigenvalue weighted by Crippen LogP contribution is 2.25. The Morgan fingerprint density at radius 2 is 2.44 bits per heavy atom. The van der Waals surface area contributed by atoms with Gasteiger partial charge in [-0.15, -0.1) is 0 Å². The SMILES string of the molecule is O=C(O)C1CCCN(Cc2cscc2Br)C1. The quantitative estimate of drug-likeness (QED) is 0.933. The number of nitrogens with zero attached hydrogens (tertiary/aromatic N) is 1. The number of halogens is 1. The van der Waals surface area contributed by atoms with Crippen molar-refractivity contribution in [1.82, 2.24) is 4.90 Å². The lowest BCUT2D eigenvalue weighted by Crippen LogP contribution is -2.38. The molecular formula is C11H14BrNO2S. The highest BCUT2D eigenvalue weighted by atomic mass is 79.9. The van der Waals surface area contributed by atoms with Crippen LogP contribution in [0.3, 0.4) is 0 Å². The molecule has 5 heteroatoms. The van der Waals surface area contributed by atoms with E-state index in [0.29, 0.717) is 6.54 Å².